The Kier molecular flexibility index (Phi) is 6.94. The second-order valence-corrected chi connectivity index (χ2v) is 5.72. The minimum atomic E-state index is -1.38. The van der Waals surface area contributed by atoms with Crippen LogP contribution < -0.4 is 5.32 Å². The molecule has 25 heavy (non-hydrogen) atoms. The van der Waals surface area contributed by atoms with Crippen molar-refractivity contribution in [3.05, 3.63) is 70.2 Å². The molecule has 2 rings (SSSR count). The van der Waals surface area contributed by atoms with Crippen molar-refractivity contribution in [2.24, 2.45) is 0 Å². The molecule has 0 saturated heterocycles. The number of ether oxygens (including phenoxy) is 1. The molecule has 0 radical (unpaired) electrons. The monoisotopic (exact) mass is 363 g/mol. The average Bonchev–Trinajstić information content (AvgIpc) is 2.64. The number of rotatable bonds is 7. The molecule has 2 aromatic carbocycles. The summed E-state index contributed by atoms with van der Waals surface area (Å²) >= 11 is 5.89. The van der Waals surface area contributed by atoms with Crippen LogP contribution in [0.3, 0.4) is 0 Å². The van der Waals surface area contributed by atoms with Crippen molar-refractivity contribution in [2.45, 2.75) is 18.8 Å². The van der Waals surface area contributed by atoms with Crippen LogP contribution in [0.1, 0.15) is 27.6 Å². The summed E-state index contributed by atoms with van der Waals surface area (Å²) in [5, 5.41) is 22.8. The molecular weight excluding hydrogens is 346 g/mol. The highest BCUT2D eigenvalue weighted by molar-refractivity contribution is 6.33. The molecule has 132 valence electrons. The first-order chi connectivity index (χ1) is 12.0. The summed E-state index contributed by atoms with van der Waals surface area (Å²) in [5.74, 6) is 0. The molecule has 0 aliphatic carbocycles. The van der Waals surface area contributed by atoms with Crippen LogP contribution in [0, 0.1) is 0 Å². The van der Waals surface area contributed by atoms with Crippen LogP contribution in [-0.2, 0) is 11.3 Å². The Balaban J connectivity index is 1.87. The van der Waals surface area contributed by atoms with Gasteiger partial charge in [-0.25, -0.2) is 4.79 Å². The lowest BCUT2D eigenvalue weighted by Gasteiger charge is -2.20. The highest BCUT2D eigenvalue weighted by atomic mass is 35.5. The first-order valence-corrected chi connectivity index (χ1v) is 7.95. The number of aldehydes is 1. The fourth-order valence-electron chi connectivity index (χ4n) is 2.22. The van der Waals surface area contributed by atoms with E-state index in [0.717, 1.165) is 5.56 Å². The number of carbonyl (C=O) groups excluding carboxylic acids is 2. The molecule has 6 nitrogen and oxygen atoms in total. The van der Waals surface area contributed by atoms with Crippen LogP contribution in [0.15, 0.2) is 48.5 Å². The molecule has 0 bridgehead atoms. The first kappa shape index (κ1) is 18.9. The van der Waals surface area contributed by atoms with Crippen molar-refractivity contribution in [1.29, 1.82) is 0 Å². The number of benzene rings is 2. The van der Waals surface area contributed by atoms with E-state index in [2.05, 4.69) is 5.32 Å². The zero-order valence-corrected chi connectivity index (χ0v) is 14.0. The summed E-state index contributed by atoms with van der Waals surface area (Å²) < 4.78 is 5.01. The minimum Gasteiger partial charge on any atom is -0.445 e. The molecule has 0 saturated carbocycles. The van der Waals surface area contributed by atoms with Gasteiger partial charge in [-0.05, 0) is 17.2 Å². The number of amides is 1. The van der Waals surface area contributed by atoms with E-state index in [0.29, 0.717) is 6.29 Å². The molecule has 0 fully saturated rings. The zero-order chi connectivity index (χ0) is 18.2. The van der Waals surface area contributed by atoms with Crippen LogP contribution >= 0.6 is 11.6 Å². The van der Waals surface area contributed by atoms with Gasteiger partial charge in [-0.2, -0.15) is 0 Å². The van der Waals surface area contributed by atoms with E-state index in [1.54, 1.807) is 6.07 Å². The average molecular weight is 364 g/mol. The maximum Gasteiger partial charge on any atom is 0.407 e. The van der Waals surface area contributed by atoms with Crippen LogP contribution in [0.4, 0.5) is 4.79 Å². The molecular formula is C18H18ClNO5. The fourth-order valence-corrected chi connectivity index (χ4v) is 2.44. The normalized spacial score (nSPS) is 12.9. The lowest BCUT2D eigenvalue weighted by molar-refractivity contribution is 0.0180. The number of hydrogen-bond donors (Lipinski definition) is 3. The molecule has 0 spiro atoms. The summed E-state index contributed by atoms with van der Waals surface area (Å²) in [6.45, 7) is -0.158. The Bertz CT molecular complexity index is 723. The van der Waals surface area contributed by atoms with E-state index in [1.807, 2.05) is 30.3 Å². The standard InChI is InChI=1S/C18H18ClNO5/c19-15-8-4-7-13(14(15)10-21)17(23)16(22)9-20-18(24)25-11-12-5-2-1-3-6-12/h1-8,10,16-17,22-23H,9,11H2,(H,20,24). The van der Waals surface area contributed by atoms with E-state index in [9.17, 15) is 19.8 Å². The fraction of sp³-hybridized carbons (Fsp3) is 0.222. The second kappa shape index (κ2) is 9.17. The summed E-state index contributed by atoms with van der Waals surface area (Å²) in [7, 11) is 0. The highest BCUT2D eigenvalue weighted by Crippen LogP contribution is 2.25. The predicted molar refractivity (Wildman–Crippen MR) is 92.4 cm³/mol. The van der Waals surface area contributed by atoms with Gasteiger partial charge in [-0.3, -0.25) is 4.79 Å². The molecule has 2 unspecified atom stereocenters. The summed E-state index contributed by atoms with van der Waals surface area (Å²) in [6, 6.07) is 13.7. The predicted octanol–water partition coefficient (Wildman–Crippen LogP) is 2.47. The van der Waals surface area contributed by atoms with Crippen LogP contribution in [0.2, 0.25) is 5.02 Å². The SMILES string of the molecule is O=Cc1c(Cl)cccc1C(O)C(O)CNC(=O)OCc1ccccc1. The van der Waals surface area contributed by atoms with Gasteiger partial charge in [-0.15, -0.1) is 0 Å². The molecule has 7 heteroatoms. The van der Waals surface area contributed by atoms with Crippen LogP contribution in [0.5, 0.6) is 0 Å². The highest BCUT2D eigenvalue weighted by Gasteiger charge is 2.23. The lowest BCUT2D eigenvalue weighted by Crippen LogP contribution is -2.36. The number of aliphatic hydroxyl groups is 2. The largest absolute Gasteiger partial charge is 0.445 e. The van der Waals surface area contributed by atoms with Gasteiger partial charge in [0, 0.05) is 12.1 Å². The maximum absolute atomic E-state index is 11.7. The Morgan fingerprint density at radius 2 is 1.88 bits per heavy atom. The Hall–Kier alpha value is -2.41. The number of hydrogen-bond acceptors (Lipinski definition) is 5. The van der Waals surface area contributed by atoms with E-state index in [1.165, 1.54) is 12.1 Å². The third kappa shape index (κ3) is 5.29. The second-order valence-electron chi connectivity index (χ2n) is 5.32. The first-order valence-electron chi connectivity index (χ1n) is 7.57. The molecule has 0 aliphatic heterocycles. The molecule has 1 amide bonds. The van der Waals surface area contributed by atoms with Gasteiger partial charge in [0.15, 0.2) is 6.29 Å². The van der Waals surface area contributed by atoms with Gasteiger partial charge in [0.2, 0.25) is 0 Å². The molecule has 0 aromatic heterocycles. The lowest BCUT2D eigenvalue weighted by atomic mass is 9.99. The third-order valence-electron chi connectivity index (χ3n) is 3.56. The van der Waals surface area contributed by atoms with Crippen LogP contribution in [0.25, 0.3) is 0 Å². The number of nitrogens with one attached hydrogen (secondary N) is 1. The molecule has 2 aromatic rings. The molecule has 2 atom stereocenters. The van der Waals surface area contributed by atoms with E-state index >= 15 is 0 Å². The van der Waals surface area contributed by atoms with Crippen molar-refractivity contribution < 1.29 is 24.5 Å². The summed E-state index contributed by atoms with van der Waals surface area (Å²) in [4.78, 5) is 22.7. The van der Waals surface area contributed by atoms with Crippen molar-refractivity contribution in [3.8, 4) is 0 Å². The van der Waals surface area contributed by atoms with Crippen molar-refractivity contribution in [3.63, 3.8) is 0 Å². The van der Waals surface area contributed by atoms with Gasteiger partial charge in [-0.1, -0.05) is 54.1 Å². The molecule has 0 heterocycles. The van der Waals surface area contributed by atoms with E-state index in [-0.39, 0.29) is 29.3 Å². The number of aliphatic hydroxyl groups excluding tert-OH is 2. The van der Waals surface area contributed by atoms with Gasteiger partial charge < -0.3 is 20.3 Å². The van der Waals surface area contributed by atoms with Gasteiger partial charge >= 0.3 is 6.09 Å². The minimum absolute atomic E-state index is 0.0922. The molecule has 3 N–H and O–H groups in total. The number of halogens is 1. The third-order valence-corrected chi connectivity index (χ3v) is 3.89. The van der Waals surface area contributed by atoms with Crippen molar-refractivity contribution in [2.75, 3.05) is 6.54 Å². The van der Waals surface area contributed by atoms with E-state index in [4.69, 9.17) is 16.3 Å². The van der Waals surface area contributed by atoms with Crippen LogP contribution in [-0.4, -0.2) is 35.2 Å². The van der Waals surface area contributed by atoms with Gasteiger partial charge in [0.25, 0.3) is 0 Å². The zero-order valence-electron chi connectivity index (χ0n) is 13.3. The smallest absolute Gasteiger partial charge is 0.407 e. The number of alkyl carbamates (subject to hydrolysis) is 1. The number of carbonyl (C=O) groups is 2. The Morgan fingerprint density at radius 1 is 1.16 bits per heavy atom. The Labute approximate surface area is 150 Å². The van der Waals surface area contributed by atoms with E-state index < -0.39 is 18.3 Å². The maximum atomic E-state index is 11.7. The van der Waals surface area contributed by atoms with Crippen molar-refractivity contribution in [1.82, 2.24) is 5.32 Å². The van der Waals surface area contributed by atoms with Gasteiger partial charge in [0.05, 0.1) is 5.02 Å². The quantitative estimate of drug-likeness (QED) is 0.657. The summed E-state index contributed by atoms with van der Waals surface area (Å²) in [6.07, 6.45) is -2.93. The molecule has 0 aliphatic rings. The Morgan fingerprint density at radius 3 is 2.56 bits per heavy atom. The van der Waals surface area contributed by atoms with Crippen molar-refractivity contribution >= 4 is 24.0 Å². The topological polar surface area (TPSA) is 95.9 Å². The van der Waals surface area contributed by atoms with Gasteiger partial charge in [0.1, 0.15) is 18.8 Å². The summed E-state index contributed by atoms with van der Waals surface area (Å²) in [5.41, 5.74) is 1.12.